The van der Waals surface area contributed by atoms with Gasteiger partial charge in [0.05, 0.1) is 37.8 Å². The first kappa shape index (κ1) is 11.1. The third-order valence-corrected chi connectivity index (χ3v) is 1.95. The zero-order valence-electron chi connectivity index (χ0n) is 8.31. The van der Waals surface area contributed by atoms with Crippen molar-refractivity contribution in [1.82, 2.24) is 15.0 Å². The fourth-order valence-corrected chi connectivity index (χ4v) is 1.11. The highest BCUT2D eigenvalue weighted by Crippen LogP contribution is 2.01. The Kier molecular flexibility index (Phi) is 4.51. The normalized spacial score (nSPS) is 10.8. The Morgan fingerprint density at radius 3 is 2.86 bits per heavy atom. The number of nitrogens with zero attached hydrogens (tertiary/aromatic N) is 3. The minimum Gasteiger partial charge on any atom is -0.394 e. The predicted octanol–water partition coefficient (Wildman–Crippen LogP) is -0.946. The Hall–Kier alpha value is -0.980. The minimum absolute atomic E-state index is 0.0460. The lowest BCUT2D eigenvalue weighted by atomic mass is 10.3. The molecule has 80 valence electrons. The molecule has 6 nitrogen and oxygen atoms in total. The second-order valence-corrected chi connectivity index (χ2v) is 2.88. The number of ether oxygens (including phenoxy) is 1. The average Bonchev–Trinajstić information content (AvgIpc) is 2.55. The summed E-state index contributed by atoms with van der Waals surface area (Å²) in [6.45, 7) is 3.90. The predicted molar refractivity (Wildman–Crippen MR) is 50.6 cm³/mol. The van der Waals surface area contributed by atoms with E-state index in [1.807, 2.05) is 6.92 Å². The maximum atomic E-state index is 8.48. The number of aliphatic hydroxyl groups is 1. The molecule has 0 saturated heterocycles. The highest BCUT2D eigenvalue weighted by atomic mass is 16.5. The maximum Gasteiger partial charge on any atom is 0.0991 e. The Bertz CT molecular complexity index is 274. The smallest absolute Gasteiger partial charge is 0.0991 e. The van der Waals surface area contributed by atoms with Crippen LogP contribution in [0.2, 0.25) is 0 Å². The summed E-state index contributed by atoms with van der Waals surface area (Å²) < 4.78 is 6.86. The summed E-state index contributed by atoms with van der Waals surface area (Å²) >= 11 is 0. The molecule has 0 saturated carbocycles. The van der Waals surface area contributed by atoms with Crippen LogP contribution in [0.5, 0.6) is 0 Å². The Labute approximate surface area is 82.7 Å². The van der Waals surface area contributed by atoms with Crippen molar-refractivity contribution in [2.75, 3.05) is 19.8 Å². The van der Waals surface area contributed by atoms with Crippen LogP contribution in [0.25, 0.3) is 0 Å². The van der Waals surface area contributed by atoms with Crippen molar-refractivity contribution < 1.29 is 9.84 Å². The van der Waals surface area contributed by atoms with Gasteiger partial charge in [0.1, 0.15) is 0 Å². The number of aromatic nitrogens is 3. The third-order valence-electron chi connectivity index (χ3n) is 1.95. The van der Waals surface area contributed by atoms with E-state index in [2.05, 4.69) is 10.3 Å². The van der Waals surface area contributed by atoms with Crippen LogP contribution in [-0.4, -0.2) is 39.9 Å². The standard InChI is InChI=1S/C8H16N4O2/c1-7-8(6-9)10-11-12(7)2-4-14-5-3-13/h13H,2-6,9H2,1H3. The van der Waals surface area contributed by atoms with E-state index >= 15 is 0 Å². The zero-order chi connectivity index (χ0) is 10.4. The summed E-state index contributed by atoms with van der Waals surface area (Å²) in [5.41, 5.74) is 7.24. The lowest BCUT2D eigenvalue weighted by molar-refractivity contribution is 0.0848. The van der Waals surface area contributed by atoms with Gasteiger partial charge < -0.3 is 15.6 Å². The van der Waals surface area contributed by atoms with Gasteiger partial charge >= 0.3 is 0 Å². The summed E-state index contributed by atoms with van der Waals surface area (Å²) in [5, 5.41) is 16.3. The summed E-state index contributed by atoms with van der Waals surface area (Å²) in [6.07, 6.45) is 0. The highest BCUT2D eigenvalue weighted by Gasteiger charge is 2.05. The summed E-state index contributed by atoms with van der Waals surface area (Å²) in [6, 6.07) is 0. The van der Waals surface area contributed by atoms with Crippen molar-refractivity contribution in [1.29, 1.82) is 0 Å². The third kappa shape index (κ3) is 2.76. The van der Waals surface area contributed by atoms with Gasteiger partial charge in [0.2, 0.25) is 0 Å². The van der Waals surface area contributed by atoms with Crippen LogP contribution in [-0.2, 0) is 17.8 Å². The fraction of sp³-hybridized carbons (Fsp3) is 0.750. The van der Waals surface area contributed by atoms with E-state index in [1.165, 1.54) is 0 Å². The van der Waals surface area contributed by atoms with Gasteiger partial charge in [-0.15, -0.1) is 5.10 Å². The number of hydrogen-bond acceptors (Lipinski definition) is 5. The first-order chi connectivity index (χ1) is 6.79. The largest absolute Gasteiger partial charge is 0.394 e. The van der Waals surface area contributed by atoms with E-state index < -0.39 is 0 Å². The van der Waals surface area contributed by atoms with Crippen molar-refractivity contribution in [3.63, 3.8) is 0 Å². The monoisotopic (exact) mass is 200 g/mol. The highest BCUT2D eigenvalue weighted by molar-refractivity contribution is 5.06. The topological polar surface area (TPSA) is 86.2 Å². The molecule has 0 aliphatic carbocycles. The molecule has 3 N–H and O–H groups in total. The number of nitrogens with two attached hydrogens (primary N) is 1. The average molecular weight is 200 g/mol. The van der Waals surface area contributed by atoms with Crippen molar-refractivity contribution >= 4 is 0 Å². The minimum atomic E-state index is 0.0460. The summed E-state index contributed by atoms with van der Waals surface area (Å²) in [4.78, 5) is 0. The molecule has 1 aromatic heterocycles. The van der Waals surface area contributed by atoms with Gasteiger partial charge in [-0.25, -0.2) is 4.68 Å². The number of hydrogen-bond donors (Lipinski definition) is 2. The van der Waals surface area contributed by atoms with Crippen molar-refractivity contribution in [3.8, 4) is 0 Å². The molecule has 1 rings (SSSR count). The van der Waals surface area contributed by atoms with Gasteiger partial charge in [-0.2, -0.15) is 0 Å². The molecule has 1 heterocycles. The molecular weight excluding hydrogens is 184 g/mol. The van der Waals surface area contributed by atoms with E-state index in [1.54, 1.807) is 4.68 Å². The number of rotatable bonds is 6. The molecule has 6 heteroatoms. The van der Waals surface area contributed by atoms with Gasteiger partial charge in [0, 0.05) is 6.54 Å². The second kappa shape index (κ2) is 5.69. The van der Waals surface area contributed by atoms with Crippen molar-refractivity contribution in [3.05, 3.63) is 11.4 Å². The summed E-state index contributed by atoms with van der Waals surface area (Å²) in [5.74, 6) is 0. The van der Waals surface area contributed by atoms with E-state index in [-0.39, 0.29) is 6.61 Å². The van der Waals surface area contributed by atoms with E-state index in [4.69, 9.17) is 15.6 Å². The molecule has 0 radical (unpaired) electrons. The fourth-order valence-electron chi connectivity index (χ4n) is 1.11. The molecule has 0 fully saturated rings. The van der Waals surface area contributed by atoms with Gasteiger partial charge in [-0.1, -0.05) is 5.21 Å². The molecule has 0 unspecified atom stereocenters. The van der Waals surface area contributed by atoms with Gasteiger partial charge in [0.15, 0.2) is 0 Å². The lowest BCUT2D eigenvalue weighted by Gasteiger charge is -2.03. The zero-order valence-corrected chi connectivity index (χ0v) is 8.31. The van der Waals surface area contributed by atoms with Gasteiger partial charge in [0.25, 0.3) is 0 Å². The molecule has 0 amide bonds. The van der Waals surface area contributed by atoms with Crippen molar-refractivity contribution in [2.24, 2.45) is 5.73 Å². The molecule has 0 aliphatic heterocycles. The number of aliphatic hydroxyl groups excluding tert-OH is 1. The molecule has 1 aromatic rings. The first-order valence-electron chi connectivity index (χ1n) is 4.57. The molecule has 0 aliphatic rings. The van der Waals surface area contributed by atoms with Crippen molar-refractivity contribution in [2.45, 2.75) is 20.0 Å². The van der Waals surface area contributed by atoms with Crippen LogP contribution >= 0.6 is 0 Å². The maximum absolute atomic E-state index is 8.48. The van der Waals surface area contributed by atoms with Crippen LogP contribution in [0.4, 0.5) is 0 Å². The quantitative estimate of drug-likeness (QED) is 0.578. The molecule has 0 atom stereocenters. The van der Waals surface area contributed by atoms with Crippen LogP contribution < -0.4 is 5.73 Å². The van der Waals surface area contributed by atoms with E-state index in [9.17, 15) is 0 Å². The van der Waals surface area contributed by atoms with Crippen LogP contribution in [0.15, 0.2) is 0 Å². The molecule has 0 bridgehead atoms. The Morgan fingerprint density at radius 2 is 2.29 bits per heavy atom. The van der Waals surface area contributed by atoms with Crippen LogP contribution in [0, 0.1) is 6.92 Å². The second-order valence-electron chi connectivity index (χ2n) is 2.88. The molecular formula is C8H16N4O2. The van der Waals surface area contributed by atoms with E-state index in [0.29, 0.717) is 26.3 Å². The van der Waals surface area contributed by atoms with Gasteiger partial charge in [-0.3, -0.25) is 0 Å². The molecule has 14 heavy (non-hydrogen) atoms. The Morgan fingerprint density at radius 1 is 1.50 bits per heavy atom. The first-order valence-corrected chi connectivity index (χ1v) is 4.57. The van der Waals surface area contributed by atoms with Crippen LogP contribution in [0.1, 0.15) is 11.4 Å². The summed E-state index contributed by atoms with van der Waals surface area (Å²) in [7, 11) is 0. The molecule has 0 spiro atoms. The lowest BCUT2D eigenvalue weighted by Crippen LogP contribution is -2.11. The molecule has 0 aromatic carbocycles. The SMILES string of the molecule is Cc1c(CN)nnn1CCOCCO. The van der Waals surface area contributed by atoms with Crippen LogP contribution in [0.3, 0.4) is 0 Å². The Balaban J connectivity index is 2.39. The van der Waals surface area contributed by atoms with E-state index in [0.717, 1.165) is 11.4 Å². The van der Waals surface area contributed by atoms with Gasteiger partial charge in [-0.05, 0) is 6.92 Å².